The van der Waals surface area contributed by atoms with E-state index in [4.69, 9.17) is 4.74 Å². The van der Waals surface area contributed by atoms with Crippen LogP contribution in [0.3, 0.4) is 0 Å². The maximum atomic E-state index is 13.7. The zero-order chi connectivity index (χ0) is 17.6. The van der Waals surface area contributed by atoms with Crippen LogP contribution in [0.2, 0.25) is 0 Å². The highest BCUT2D eigenvalue weighted by Gasteiger charge is 2.23. The van der Waals surface area contributed by atoms with Gasteiger partial charge in [0, 0.05) is 6.54 Å². The highest BCUT2D eigenvalue weighted by molar-refractivity contribution is 7.89. The first-order valence-electron chi connectivity index (χ1n) is 6.55. The van der Waals surface area contributed by atoms with E-state index in [1.165, 1.54) is 20.0 Å². The van der Waals surface area contributed by atoms with Crippen LogP contribution in [-0.4, -0.2) is 40.0 Å². The molecule has 0 spiro atoms. The molecule has 0 fully saturated rings. The second-order valence-electron chi connectivity index (χ2n) is 4.43. The van der Waals surface area contributed by atoms with E-state index < -0.39 is 39.4 Å². The molecule has 2 N–H and O–H groups in total. The topological polar surface area (TPSA) is 102 Å². The van der Waals surface area contributed by atoms with Crippen molar-refractivity contribution in [2.24, 2.45) is 0 Å². The fraction of sp³-hybridized carbons (Fsp3) is 0.286. The summed E-state index contributed by atoms with van der Waals surface area (Å²) in [6, 6.07) is 2.69. The zero-order valence-electron chi connectivity index (χ0n) is 12.6. The largest absolute Gasteiger partial charge is 0.449 e. The molecule has 0 heterocycles. The van der Waals surface area contributed by atoms with Crippen LogP contribution >= 0.6 is 0 Å². The number of carbonyl (C=O) groups excluding carboxylic acids is 2. The first kappa shape index (κ1) is 18.8. The summed E-state index contributed by atoms with van der Waals surface area (Å²) in [4.78, 5) is 23.2. The number of carbonyl (C=O) groups is 2. The minimum Gasteiger partial charge on any atom is -0.449 e. The lowest BCUT2D eigenvalue weighted by Gasteiger charge is -2.13. The molecule has 0 aliphatic heterocycles. The summed E-state index contributed by atoms with van der Waals surface area (Å²) in [5, 5.41) is 2.41. The molecular formula is C14H17FN2O5S. The Morgan fingerprint density at radius 2 is 2.09 bits per heavy atom. The van der Waals surface area contributed by atoms with Crippen LogP contribution in [-0.2, 0) is 19.6 Å². The van der Waals surface area contributed by atoms with Gasteiger partial charge < -0.3 is 10.1 Å². The number of hydrogen-bond donors (Lipinski definition) is 2. The molecule has 1 amide bonds. The molecule has 1 aromatic rings. The Hall–Kier alpha value is -2.26. The fourth-order valence-electron chi connectivity index (χ4n) is 1.54. The monoisotopic (exact) mass is 344 g/mol. The first-order chi connectivity index (χ1) is 10.7. The molecule has 1 unspecified atom stereocenters. The van der Waals surface area contributed by atoms with Gasteiger partial charge in [-0.3, -0.25) is 4.79 Å². The summed E-state index contributed by atoms with van der Waals surface area (Å²) >= 11 is 0. The summed E-state index contributed by atoms with van der Waals surface area (Å²) in [6.07, 6.45) is 0.268. The van der Waals surface area contributed by atoms with Crippen molar-refractivity contribution in [3.63, 3.8) is 0 Å². The van der Waals surface area contributed by atoms with Gasteiger partial charge in [-0.05, 0) is 32.2 Å². The van der Waals surface area contributed by atoms with E-state index in [1.807, 2.05) is 4.72 Å². The Morgan fingerprint density at radius 3 is 2.65 bits per heavy atom. The highest BCUT2D eigenvalue weighted by atomic mass is 32.2. The minimum atomic E-state index is -3.84. The van der Waals surface area contributed by atoms with Crippen molar-refractivity contribution < 1.29 is 27.1 Å². The Balaban J connectivity index is 2.98. The van der Waals surface area contributed by atoms with Crippen LogP contribution in [0.15, 0.2) is 35.7 Å². The van der Waals surface area contributed by atoms with Gasteiger partial charge in [0.05, 0.1) is 10.5 Å². The van der Waals surface area contributed by atoms with E-state index in [-0.39, 0.29) is 11.4 Å². The summed E-state index contributed by atoms with van der Waals surface area (Å²) < 4.78 is 44.0. The number of benzene rings is 1. The van der Waals surface area contributed by atoms with Gasteiger partial charge in [0.25, 0.3) is 5.91 Å². The van der Waals surface area contributed by atoms with Gasteiger partial charge in [0.1, 0.15) is 5.82 Å². The van der Waals surface area contributed by atoms with Crippen LogP contribution in [0.1, 0.15) is 17.3 Å². The van der Waals surface area contributed by atoms with E-state index in [0.717, 1.165) is 18.2 Å². The van der Waals surface area contributed by atoms with Gasteiger partial charge in [-0.2, -0.15) is 0 Å². The van der Waals surface area contributed by atoms with Gasteiger partial charge in [0.2, 0.25) is 10.0 Å². The number of esters is 1. The molecule has 0 saturated heterocycles. The highest BCUT2D eigenvalue weighted by Crippen LogP contribution is 2.16. The maximum Gasteiger partial charge on any atom is 0.341 e. The molecule has 0 aromatic heterocycles. The lowest BCUT2D eigenvalue weighted by Crippen LogP contribution is -2.36. The second-order valence-corrected chi connectivity index (χ2v) is 6.32. The van der Waals surface area contributed by atoms with E-state index in [1.54, 1.807) is 0 Å². The van der Waals surface area contributed by atoms with E-state index in [9.17, 15) is 22.4 Å². The smallest absolute Gasteiger partial charge is 0.341 e. The van der Waals surface area contributed by atoms with Crippen molar-refractivity contribution in [3.05, 3.63) is 42.2 Å². The van der Waals surface area contributed by atoms with Crippen molar-refractivity contribution in [1.29, 1.82) is 0 Å². The van der Waals surface area contributed by atoms with Crippen molar-refractivity contribution in [1.82, 2.24) is 10.0 Å². The predicted octanol–water partition coefficient (Wildman–Crippen LogP) is 0.581. The molecule has 1 aromatic carbocycles. The normalized spacial score (nSPS) is 12.3. The van der Waals surface area contributed by atoms with Crippen molar-refractivity contribution in [2.75, 3.05) is 13.6 Å². The number of rotatable bonds is 7. The van der Waals surface area contributed by atoms with Gasteiger partial charge in [-0.1, -0.05) is 6.08 Å². The van der Waals surface area contributed by atoms with Crippen molar-refractivity contribution in [2.45, 2.75) is 17.9 Å². The van der Waals surface area contributed by atoms with Gasteiger partial charge in [0.15, 0.2) is 6.10 Å². The molecule has 7 nitrogen and oxygen atoms in total. The molecule has 23 heavy (non-hydrogen) atoms. The molecule has 1 rings (SSSR count). The van der Waals surface area contributed by atoms with Gasteiger partial charge in [-0.25, -0.2) is 22.3 Å². The summed E-state index contributed by atoms with van der Waals surface area (Å²) in [5.41, 5.74) is -0.579. The van der Waals surface area contributed by atoms with Crippen molar-refractivity contribution >= 4 is 21.9 Å². The number of amides is 1. The van der Waals surface area contributed by atoms with Crippen LogP contribution < -0.4 is 10.0 Å². The molecule has 0 bridgehead atoms. The minimum absolute atomic E-state index is 0.185. The van der Waals surface area contributed by atoms with Gasteiger partial charge in [-0.15, -0.1) is 6.58 Å². The quantitative estimate of drug-likeness (QED) is 0.557. The third-order valence-electron chi connectivity index (χ3n) is 2.81. The molecule has 0 radical (unpaired) electrons. The molecular weight excluding hydrogens is 327 g/mol. The molecule has 0 aliphatic rings. The van der Waals surface area contributed by atoms with Crippen LogP contribution in [0, 0.1) is 5.82 Å². The Morgan fingerprint density at radius 1 is 1.43 bits per heavy atom. The number of nitrogens with one attached hydrogen (secondary N) is 2. The summed E-state index contributed by atoms with van der Waals surface area (Å²) in [6.45, 7) is 4.91. The Labute approximate surface area is 133 Å². The number of halogens is 1. The van der Waals surface area contributed by atoms with E-state index in [0.29, 0.717) is 0 Å². The van der Waals surface area contributed by atoms with Gasteiger partial charge >= 0.3 is 5.97 Å². The molecule has 0 aliphatic carbocycles. The maximum absolute atomic E-state index is 13.7. The third kappa shape index (κ3) is 4.86. The third-order valence-corrected chi connectivity index (χ3v) is 4.22. The number of sulfonamides is 1. The average molecular weight is 344 g/mol. The number of hydrogen-bond acceptors (Lipinski definition) is 5. The van der Waals surface area contributed by atoms with Crippen LogP contribution in [0.25, 0.3) is 0 Å². The van der Waals surface area contributed by atoms with Crippen LogP contribution in [0.5, 0.6) is 0 Å². The van der Waals surface area contributed by atoms with E-state index >= 15 is 0 Å². The second kappa shape index (κ2) is 7.84. The Kier molecular flexibility index (Phi) is 6.40. The first-order valence-corrected chi connectivity index (χ1v) is 8.04. The predicted molar refractivity (Wildman–Crippen MR) is 80.7 cm³/mol. The average Bonchev–Trinajstić information content (AvgIpc) is 2.52. The Bertz CT molecular complexity index is 718. The molecule has 9 heteroatoms. The van der Waals surface area contributed by atoms with Crippen LogP contribution in [0.4, 0.5) is 4.39 Å². The molecule has 0 saturated carbocycles. The SMILES string of the molecule is C=CCNC(=O)C(C)OC(=O)c1cc(S(=O)(=O)NC)ccc1F. The fourth-order valence-corrected chi connectivity index (χ4v) is 2.30. The van der Waals surface area contributed by atoms with Crippen molar-refractivity contribution in [3.8, 4) is 0 Å². The lowest BCUT2D eigenvalue weighted by molar-refractivity contribution is -0.128. The van der Waals surface area contributed by atoms with E-state index in [2.05, 4.69) is 11.9 Å². The standard InChI is InChI=1S/C14H17FN2O5S/c1-4-7-17-13(18)9(2)22-14(19)11-8-10(5-6-12(11)15)23(20,21)16-3/h4-6,8-9,16H,1,7H2,2-3H3,(H,17,18). The summed E-state index contributed by atoms with van der Waals surface area (Å²) in [7, 11) is -2.66. The number of ether oxygens (including phenoxy) is 1. The lowest BCUT2D eigenvalue weighted by atomic mass is 10.2. The molecule has 1 atom stereocenters. The summed E-state index contributed by atoms with van der Waals surface area (Å²) in [5.74, 6) is -2.68. The molecule has 126 valence electrons. The zero-order valence-corrected chi connectivity index (χ0v) is 13.4.